The van der Waals surface area contributed by atoms with Crippen molar-refractivity contribution >= 4 is 5.97 Å². The van der Waals surface area contributed by atoms with Gasteiger partial charge in [0, 0.05) is 12.1 Å². The molecular formula is C16H32N2O2. The van der Waals surface area contributed by atoms with E-state index >= 15 is 0 Å². The summed E-state index contributed by atoms with van der Waals surface area (Å²) >= 11 is 0. The number of nitrogens with two attached hydrogens (primary N) is 1. The van der Waals surface area contributed by atoms with E-state index in [1.807, 2.05) is 0 Å². The Kier molecular flexibility index (Phi) is 6.96. The predicted molar refractivity (Wildman–Crippen MR) is 82.6 cm³/mol. The first-order valence-electron chi connectivity index (χ1n) is 8.11. The molecule has 0 spiro atoms. The van der Waals surface area contributed by atoms with Gasteiger partial charge in [0.15, 0.2) is 0 Å². The minimum atomic E-state index is -0.782. The van der Waals surface area contributed by atoms with Crippen LogP contribution in [0, 0.1) is 0 Å². The molecule has 3 atom stereocenters. The fourth-order valence-electron chi connectivity index (χ4n) is 3.29. The average molecular weight is 284 g/mol. The topological polar surface area (TPSA) is 55.6 Å². The van der Waals surface area contributed by atoms with Crippen molar-refractivity contribution in [1.82, 2.24) is 4.90 Å². The van der Waals surface area contributed by atoms with Crippen LogP contribution >= 0.6 is 0 Å². The summed E-state index contributed by atoms with van der Waals surface area (Å²) in [5.74, 6) is -0.248. The second-order valence-corrected chi connectivity index (χ2v) is 6.25. The van der Waals surface area contributed by atoms with E-state index in [1.165, 1.54) is 20.0 Å². The van der Waals surface area contributed by atoms with E-state index in [-0.39, 0.29) is 5.97 Å². The van der Waals surface area contributed by atoms with Gasteiger partial charge in [0.2, 0.25) is 0 Å². The summed E-state index contributed by atoms with van der Waals surface area (Å²) in [6.07, 6.45) is 7.17. The van der Waals surface area contributed by atoms with Crippen molar-refractivity contribution in [2.45, 2.75) is 83.3 Å². The number of nitrogens with zero attached hydrogens (tertiary/aromatic N) is 1. The molecule has 0 aliphatic heterocycles. The first kappa shape index (κ1) is 17.4. The maximum Gasteiger partial charge on any atom is 0.325 e. The van der Waals surface area contributed by atoms with Crippen molar-refractivity contribution in [2.24, 2.45) is 5.73 Å². The maximum atomic E-state index is 11.9. The van der Waals surface area contributed by atoms with Crippen LogP contribution in [-0.2, 0) is 9.53 Å². The third-order valence-electron chi connectivity index (χ3n) is 4.75. The van der Waals surface area contributed by atoms with Crippen molar-refractivity contribution in [3.63, 3.8) is 0 Å². The largest absolute Gasteiger partial charge is 0.468 e. The number of hydrogen-bond acceptors (Lipinski definition) is 4. The van der Waals surface area contributed by atoms with Crippen LogP contribution in [0.15, 0.2) is 0 Å². The number of ether oxygens (including phenoxy) is 1. The molecule has 0 aromatic heterocycles. The average Bonchev–Trinajstić information content (AvgIpc) is 2.46. The van der Waals surface area contributed by atoms with Gasteiger partial charge in [-0.05, 0) is 52.0 Å². The smallest absolute Gasteiger partial charge is 0.325 e. The van der Waals surface area contributed by atoms with Crippen molar-refractivity contribution in [2.75, 3.05) is 13.7 Å². The van der Waals surface area contributed by atoms with Gasteiger partial charge in [0.1, 0.15) is 5.54 Å². The number of carbonyl (C=O) groups is 1. The van der Waals surface area contributed by atoms with E-state index in [0.29, 0.717) is 12.1 Å². The van der Waals surface area contributed by atoms with Gasteiger partial charge in [-0.25, -0.2) is 0 Å². The predicted octanol–water partition coefficient (Wildman–Crippen LogP) is 2.70. The minimum Gasteiger partial charge on any atom is -0.468 e. The molecule has 0 heterocycles. The minimum absolute atomic E-state index is 0.248. The van der Waals surface area contributed by atoms with Crippen molar-refractivity contribution < 1.29 is 9.53 Å². The van der Waals surface area contributed by atoms with Crippen LogP contribution in [0.4, 0.5) is 0 Å². The lowest BCUT2D eigenvalue weighted by molar-refractivity contribution is -0.149. The van der Waals surface area contributed by atoms with Crippen LogP contribution in [0.25, 0.3) is 0 Å². The van der Waals surface area contributed by atoms with Gasteiger partial charge in [-0.2, -0.15) is 0 Å². The van der Waals surface area contributed by atoms with E-state index in [0.717, 1.165) is 38.6 Å². The summed E-state index contributed by atoms with van der Waals surface area (Å²) < 4.78 is 4.91. The second kappa shape index (κ2) is 7.99. The molecule has 0 bridgehead atoms. The number of rotatable bonds is 7. The van der Waals surface area contributed by atoms with Gasteiger partial charge in [-0.3, -0.25) is 9.69 Å². The van der Waals surface area contributed by atoms with Gasteiger partial charge in [-0.1, -0.05) is 20.3 Å². The van der Waals surface area contributed by atoms with Crippen LogP contribution in [0.1, 0.15) is 65.7 Å². The normalized spacial score (nSPS) is 28.4. The molecule has 1 aliphatic rings. The summed E-state index contributed by atoms with van der Waals surface area (Å²) in [6.45, 7) is 7.83. The highest BCUT2D eigenvalue weighted by molar-refractivity contribution is 5.80. The van der Waals surface area contributed by atoms with Gasteiger partial charge in [0.25, 0.3) is 0 Å². The first-order chi connectivity index (χ1) is 9.48. The van der Waals surface area contributed by atoms with E-state index in [9.17, 15) is 4.79 Å². The Balaban J connectivity index is 2.77. The van der Waals surface area contributed by atoms with Crippen LogP contribution < -0.4 is 5.73 Å². The maximum absolute atomic E-state index is 11.9. The molecule has 1 rings (SSSR count). The molecule has 3 unspecified atom stereocenters. The molecule has 1 aliphatic carbocycles. The van der Waals surface area contributed by atoms with Gasteiger partial charge < -0.3 is 10.5 Å². The lowest BCUT2D eigenvalue weighted by Crippen LogP contribution is -2.57. The highest BCUT2D eigenvalue weighted by Crippen LogP contribution is 2.32. The van der Waals surface area contributed by atoms with Crippen molar-refractivity contribution in [3.8, 4) is 0 Å². The highest BCUT2D eigenvalue weighted by Gasteiger charge is 2.42. The summed E-state index contributed by atoms with van der Waals surface area (Å²) in [7, 11) is 1.43. The van der Waals surface area contributed by atoms with Gasteiger partial charge in [-0.15, -0.1) is 0 Å². The van der Waals surface area contributed by atoms with Crippen molar-refractivity contribution in [3.05, 3.63) is 0 Å². The zero-order valence-corrected chi connectivity index (χ0v) is 13.7. The summed E-state index contributed by atoms with van der Waals surface area (Å²) in [6, 6.07) is 0.959. The summed E-state index contributed by atoms with van der Waals surface area (Å²) in [4.78, 5) is 14.5. The number of unbranched alkanes of at least 4 members (excludes halogenated alkanes) is 1. The second-order valence-electron chi connectivity index (χ2n) is 6.25. The first-order valence-corrected chi connectivity index (χ1v) is 8.11. The van der Waals surface area contributed by atoms with E-state index in [1.54, 1.807) is 0 Å². The zero-order valence-electron chi connectivity index (χ0n) is 13.7. The molecule has 118 valence electrons. The van der Waals surface area contributed by atoms with E-state index in [4.69, 9.17) is 10.5 Å². The molecule has 1 saturated carbocycles. The molecule has 4 heteroatoms. The lowest BCUT2D eigenvalue weighted by Gasteiger charge is -2.43. The summed E-state index contributed by atoms with van der Waals surface area (Å²) in [5, 5.41) is 0. The molecule has 20 heavy (non-hydrogen) atoms. The monoisotopic (exact) mass is 284 g/mol. The molecule has 4 nitrogen and oxygen atoms in total. The molecule has 2 N–H and O–H groups in total. The summed E-state index contributed by atoms with van der Waals surface area (Å²) in [5.41, 5.74) is 5.53. The Bertz CT molecular complexity index is 309. The van der Waals surface area contributed by atoms with Gasteiger partial charge >= 0.3 is 5.97 Å². The zero-order chi connectivity index (χ0) is 15.2. The highest BCUT2D eigenvalue weighted by atomic mass is 16.5. The number of carbonyl (C=O) groups excluding carboxylic acids is 1. The molecule has 1 fully saturated rings. The Morgan fingerprint density at radius 3 is 2.75 bits per heavy atom. The SMILES string of the molecule is CCCCN(C(C)CC)C1CCCC(N)(C(=O)OC)C1. The Morgan fingerprint density at radius 2 is 2.20 bits per heavy atom. The van der Waals surface area contributed by atoms with Crippen LogP contribution in [0.2, 0.25) is 0 Å². The fourth-order valence-corrected chi connectivity index (χ4v) is 3.29. The molecule has 0 saturated heterocycles. The quantitative estimate of drug-likeness (QED) is 0.730. The lowest BCUT2D eigenvalue weighted by atomic mass is 9.78. The van der Waals surface area contributed by atoms with Crippen LogP contribution in [-0.4, -0.2) is 42.1 Å². The Hall–Kier alpha value is -0.610. The molecule has 0 radical (unpaired) electrons. The van der Waals surface area contributed by atoms with Gasteiger partial charge in [0.05, 0.1) is 7.11 Å². The third kappa shape index (κ3) is 4.19. The van der Waals surface area contributed by atoms with E-state index in [2.05, 4.69) is 25.7 Å². The van der Waals surface area contributed by atoms with Crippen LogP contribution in [0.3, 0.4) is 0 Å². The molecule has 0 aromatic carbocycles. The number of hydrogen-bond donors (Lipinski definition) is 1. The van der Waals surface area contributed by atoms with E-state index < -0.39 is 5.54 Å². The molecule has 0 amide bonds. The Morgan fingerprint density at radius 1 is 1.50 bits per heavy atom. The molecular weight excluding hydrogens is 252 g/mol. The molecule has 0 aromatic rings. The Labute approximate surface area is 124 Å². The van der Waals surface area contributed by atoms with Crippen LogP contribution in [0.5, 0.6) is 0 Å². The number of methoxy groups -OCH3 is 1. The standard InChI is InChI=1S/C16H32N2O2/c1-5-7-11-18(13(3)6-2)14-9-8-10-16(17,12-14)15(19)20-4/h13-14H,5-12,17H2,1-4H3. The van der Waals surface area contributed by atoms with Crippen molar-refractivity contribution in [1.29, 1.82) is 0 Å². The number of esters is 1. The third-order valence-corrected chi connectivity index (χ3v) is 4.75. The fraction of sp³-hybridized carbons (Fsp3) is 0.938.